The highest BCUT2D eigenvalue weighted by Gasteiger charge is 2.10. The van der Waals surface area contributed by atoms with Crippen molar-refractivity contribution in [1.82, 2.24) is 9.97 Å². The molecule has 1 aromatic heterocycles. The summed E-state index contributed by atoms with van der Waals surface area (Å²) in [7, 11) is 1.30. The number of carbonyl (C=O) groups is 2. The Bertz CT molecular complexity index is 976. The van der Waals surface area contributed by atoms with E-state index in [1.165, 1.54) is 31.6 Å². The highest BCUT2D eigenvalue weighted by Crippen LogP contribution is 2.13. The molecule has 142 valence electrons. The quantitative estimate of drug-likeness (QED) is 0.638. The average molecular weight is 380 g/mol. The summed E-state index contributed by atoms with van der Waals surface area (Å²) in [6.07, 6.45) is 1.28. The van der Waals surface area contributed by atoms with Gasteiger partial charge in [-0.2, -0.15) is 0 Å². The van der Waals surface area contributed by atoms with Crippen molar-refractivity contribution in [3.8, 4) is 0 Å². The van der Waals surface area contributed by atoms with Gasteiger partial charge in [0.15, 0.2) is 0 Å². The van der Waals surface area contributed by atoms with Crippen LogP contribution in [0.3, 0.4) is 0 Å². The fraction of sp³-hybridized carbons (Fsp3) is 0.100. The van der Waals surface area contributed by atoms with Gasteiger partial charge in [-0.1, -0.05) is 12.1 Å². The number of nitrogens with zero attached hydrogens (tertiary/aromatic N) is 2. The minimum absolute atomic E-state index is 0.175. The predicted molar refractivity (Wildman–Crippen MR) is 101 cm³/mol. The van der Waals surface area contributed by atoms with E-state index >= 15 is 0 Å². The molecule has 0 aliphatic carbocycles. The maximum atomic E-state index is 12.9. The molecule has 0 bridgehead atoms. The molecule has 0 atom stereocenters. The van der Waals surface area contributed by atoms with Gasteiger partial charge in [0.05, 0.1) is 12.7 Å². The number of aromatic nitrogens is 2. The molecule has 1 amide bonds. The van der Waals surface area contributed by atoms with Crippen LogP contribution in [0.25, 0.3) is 0 Å². The van der Waals surface area contributed by atoms with Crippen LogP contribution in [0.4, 0.5) is 15.9 Å². The van der Waals surface area contributed by atoms with Gasteiger partial charge in [-0.05, 0) is 42.0 Å². The first kappa shape index (κ1) is 19.0. The Kier molecular flexibility index (Phi) is 5.91. The number of halogens is 1. The van der Waals surface area contributed by atoms with Crippen LogP contribution in [-0.2, 0) is 11.3 Å². The minimum atomic E-state index is -0.453. The Labute approximate surface area is 160 Å². The number of hydrogen-bond donors (Lipinski definition) is 2. The zero-order chi connectivity index (χ0) is 19.9. The first-order valence-corrected chi connectivity index (χ1v) is 8.35. The van der Waals surface area contributed by atoms with Gasteiger partial charge in [0.1, 0.15) is 23.7 Å². The summed E-state index contributed by atoms with van der Waals surface area (Å²) in [6.45, 7) is 0.424. The number of anilines is 2. The molecule has 0 unspecified atom stereocenters. The zero-order valence-electron chi connectivity index (χ0n) is 15.0. The van der Waals surface area contributed by atoms with Crippen LogP contribution in [0, 0.1) is 5.82 Å². The Balaban J connectivity index is 1.63. The number of rotatable bonds is 6. The van der Waals surface area contributed by atoms with Crippen molar-refractivity contribution in [2.45, 2.75) is 6.54 Å². The molecule has 0 spiro atoms. The summed E-state index contributed by atoms with van der Waals surface area (Å²) in [5, 5.41) is 5.76. The lowest BCUT2D eigenvalue weighted by atomic mass is 10.2. The van der Waals surface area contributed by atoms with Gasteiger partial charge in [0.2, 0.25) is 0 Å². The fourth-order valence-corrected chi connectivity index (χ4v) is 2.38. The molecule has 0 aliphatic rings. The van der Waals surface area contributed by atoms with Crippen molar-refractivity contribution in [2.75, 3.05) is 17.7 Å². The summed E-state index contributed by atoms with van der Waals surface area (Å²) in [5.41, 5.74) is 1.94. The van der Waals surface area contributed by atoms with E-state index in [-0.39, 0.29) is 11.5 Å². The first-order chi connectivity index (χ1) is 13.5. The van der Waals surface area contributed by atoms with Crippen LogP contribution in [-0.4, -0.2) is 29.0 Å². The normalized spacial score (nSPS) is 10.2. The lowest BCUT2D eigenvalue weighted by molar-refractivity contribution is 0.0600. The molecule has 3 rings (SSSR count). The monoisotopic (exact) mass is 380 g/mol. The lowest BCUT2D eigenvalue weighted by Gasteiger charge is -2.08. The number of amides is 1. The standard InChI is InChI=1S/C20H17FN4O3/c1-28-20(27)14-4-8-16(9-5-14)25-19(26)17-10-18(24-12-23-17)22-11-13-2-6-15(21)7-3-13/h2-10,12H,11H2,1H3,(H,25,26)(H,22,23,24). The molecule has 8 heteroatoms. The summed E-state index contributed by atoms with van der Waals surface area (Å²) < 4.78 is 17.6. The van der Waals surface area contributed by atoms with Crippen molar-refractivity contribution in [3.05, 3.63) is 83.6 Å². The fourth-order valence-electron chi connectivity index (χ4n) is 2.38. The number of methoxy groups -OCH3 is 1. The van der Waals surface area contributed by atoms with E-state index in [0.29, 0.717) is 23.6 Å². The van der Waals surface area contributed by atoms with E-state index < -0.39 is 11.9 Å². The molecule has 0 radical (unpaired) electrons. The van der Waals surface area contributed by atoms with Crippen LogP contribution in [0.1, 0.15) is 26.4 Å². The van der Waals surface area contributed by atoms with Crippen molar-refractivity contribution in [2.24, 2.45) is 0 Å². The van der Waals surface area contributed by atoms with Gasteiger partial charge in [0.25, 0.3) is 5.91 Å². The van der Waals surface area contributed by atoms with E-state index in [1.54, 1.807) is 36.4 Å². The molecule has 28 heavy (non-hydrogen) atoms. The van der Waals surface area contributed by atoms with Gasteiger partial charge >= 0.3 is 5.97 Å². The van der Waals surface area contributed by atoms with Crippen molar-refractivity contribution in [1.29, 1.82) is 0 Å². The van der Waals surface area contributed by atoms with Gasteiger partial charge in [-0.3, -0.25) is 4.79 Å². The summed E-state index contributed by atoms with van der Waals surface area (Å²) in [6, 6.07) is 13.9. The van der Waals surface area contributed by atoms with Gasteiger partial charge in [0, 0.05) is 18.3 Å². The maximum Gasteiger partial charge on any atom is 0.337 e. The Morgan fingerprint density at radius 3 is 2.43 bits per heavy atom. The zero-order valence-corrected chi connectivity index (χ0v) is 15.0. The molecule has 7 nitrogen and oxygen atoms in total. The second-order valence-corrected chi connectivity index (χ2v) is 5.79. The molecule has 2 N–H and O–H groups in total. The average Bonchev–Trinajstić information content (AvgIpc) is 2.73. The van der Waals surface area contributed by atoms with Crippen LogP contribution < -0.4 is 10.6 Å². The third-order valence-corrected chi connectivity index (χ3v) is 3.85. The third kappa shape index (κ3) is 4.88. The molecule has 2 aromatic carbocycles. The first-order valence-electron chi connectivity index (χ1n) is 8.35. The number of nitrogens with one attached hydrogen (secondary N) is 2. The molecule has 3 aromatic rings. The van der Waals surface area contributed by atoms with Gasteiger partial charge < -0.3 is 15.4 Å². The van der Waals surface area contributed by atoms with Crippen molar-refractivity contribution in [3.63, 3.8) is 0 Å². The number of ether oxygens (including phenoxy) is 1. The van der Waals surface area contributed by atoms with E-state index in [9.17, 15) is 14.0 Å². The summed E-state index contributed by atoms with van der Waals surface area (Å²) in [4.78, 5) is 31.9. The maximum absolute atomic E-state index is 12.9. The van der Waals surface area contributed by atoms with E-state index in [2.05, 4.69) is 25.3 Å². The second-order valence-electron chi connectivity index (χ2n) is 5.79. The molecular formula is C20H17FN4O3. The predicted octanol–water partition coefficient (Wildman–Crippen LogP) is 3.27. The topological polar surface area (TPSA) is 93.2 Å². The highest BCUT2D eigenvalue weighted by atomic mass is 19.1. The van der Waals surface area contributed by atoms with Crippen molar-refractivity contribution < 1.29 is 18.7 Å². The Morgan fingerprint density at radius 1 is 1.04 bits per heavy atom. The molecule has 0 aliphatic heterocycles. The summed E-state index contributed by atoms with van der Waals surface area (Å²) in [5.74, 6) is -0.710. The minimum Gasteiger partial charge on any atom is -0.465 e. The largest absolute Gasteiger partial charge is 0.465 e. The van der Waals surface area contributed by atoms with Crippen LogP contribution in [0.5, 0.6) is 0 Å². The number of esters is 1. The van der Waals surface area contributed by atoms with Crippen molar-refractivity contribution >= 4 is 23.4 Å². The Hall–Kier alpha value is -3.81. The van der Waals surface area contributed by atoms with Crippen LogP contribution >= 0.6 is 0 Å². The van der Waals surface area contributed by atoms with Crippen LogP contribution in [0.2, 0.25) is 0 Å². The number of hydrogen-bond acceptors (Lipinski definition) is 6. The number of benzene rings is 2. The molecule has 0 saturated carbocycles. The van der Waals surface area contributed by atoms with E-state index in [4.69, 9.17) is 0 Å². The van der Waals surface area contributed by atoms with Gasteiger partial charge in [-0.15, -0.1) is 0 Å². The lowest BCUT2D eigenvalue weighted by Crippen LogP contribution is -2.15. The highest BCUT2D eigenvalue weighted by molar-refractivity contribution is 6.03. The molecule has 1 heterocycles. The molecule has 0 fully saturated rings. The number of carbonyl (C=O) groups excluding carboxylic acids is 2. The Morgan fingerprint density at radius 2 is 1.75 bits per heavy atom. The molecular weight excluding hydrogens is 363 g/mol. The smallest absolute Gasteiger partial charge is 0.337 e. The SMILES string of the molecule is COC(=O)c1ccc(NC(=O)c2cc(NCc3ccc(F)cc3)ncn2)cc1. The third-order valence-electron chi connectivity index (χ3n) is 3.85. The second kappa shape index (κ2) is 8.72. The van der Waals surface area contributed by atoms with Gasteiger partial charge in [-0.25, -0.2) is 19.2 Å². The van der Waals surface area contributed by atoms with E-state index in [1.807, 2.05) is 0 Å². The molecule has 0 saturated heterocycles. The van der Waals surface area contributed by atoms with Crippen LogP contribution in [0.15, 0.2) is 60.9 Å². The summed E-state index contributed by atoms with van der Waals surface area (Å²) >= 11 is 0. The van der Waals surface area contributed by atoms with E-state index in [0.717, 1.165) is 5.56 Å².